The summed E-state index contributed by atoms with van der Waals surface area (Å²) in [7, 11) is 0. The number of amides is 1. The summed E-state index contributed by atoms with van der Waals surface area (Å²) in [4.78, 5) is 31.0. The summed E-state index contributed by atoms with van der Waals surface area (Å²) in [5.41, 5.74) is -0.201. The van der Waals surface area contributed by atoms with Crippen LogP contribution in [-0.4, -0.2) is 40.0 Å². The molecule has 122 valence electrons. The Bertz CT molecular complexity index is 603. The van der Waals surface area contributed by atoms with Crippen LogP contribution in [0.5, 0.6) is 0 Å². The van der Waals surface area contributed by atoms with Gasteiger partial charge in [0.05, 0.1) is 16.1 Å². The molecule has 0 aliphatic carbocycles. The number of aromatic nitrogens is 1. The van der Waals surface area contributed by atoms with E-state index in [0.717, 1.165) is 17.1 Å². The second kappa shape index (κ2) is 5.65. The standard InChI is InChI=1S/C16H24N2O3S/c1-10-11(22-13(17-10)15(2,3)4)12(19)18-8-6-7-16(5,9-18)14(20)21/h6-9H2,1-5H3,(H,20,21). The molecule has 1 unspecified atom stereocenters. The van der Waals surface area contributed by atoms with Crippen molar-refractivity contribution >= 4 is 23.2 Å². The third-order valence-corrected chi connectivity index (χ3v) is 5.70. The minimum absolute atomic E-state index is 0.0855. The molecular weight excluding hydrogens is 300 g/mol. The number of likely N-dealkylation sites (tertiary alicyclic amines) is 1. The summed E-state index contributed by atoms with van der Waals surface area (Å²) >= 11 is 1.43. The van der Waals surface area contributed by atoms with Crippen molar-refractivity contribution in [2.24, 2.45) is 5.41 Å². The van der Waals surface area contributed by atoms with E-state index >= 15 is 0 Å². The second-order valence-corrected chi connectivity index (χ2v) is 8.38. The van der Waals surface area contributed by atoms with Gasteiger partial charge in [-0.05, 0) is 26.7 Å². The number of hydrogen-bond acceptors (Lipinski definition) is 4. The highest BCUT2D eigenvalue weighted by Gasteiger charge is 2.40. The average Bonchev–Trinajstić information content (AvgIpc) is 2.80. The molecule has 6 heteroatoms. The zero-order valence-corrected chi connectivity index (χ0v) is 14.7. The lowest BCUT2D eigenvalue weighted by Crippen LogP contribution is -2.48. The van der Waals surface area contributed by atoms with Crippen molar-refractivity contribution in [3.63, 3.8) is 0 Å². The molecule has 1 aliphatic heterocycles. The molecule has 2 rings (SSSR count). The molecule has 1 aromatic rings. The van der Waals surface area contributed by atoms with Gasteiger partial charge < -0.3 is 10.0 Å². The number of carbonyl (C=O) groups excluding carboxylic acids is 1. The van der Waals surface area contributed by atoms with Gasteiger partial charge in [-0.15, -0.1) is 11.3 Å². The van der Waals surface area contributed by atoms with Crippen LogP contribution in [0.4, 0.5) is 0 Å². The van der Waals surface area contributed by atoms with Crippen LogP contribution in [0.1, 0.15) is 60.9 Å². The van der Waals surface area contributed by atoms with Crippen molar-refractivity contribution in [2.75, 3.05) is 13.1 Å². The summed E-state index contributed by atoms with van der Waals surface area (Å²) in [5, 5.41) is 10.3. The molecule has 0 saturated carbocycles. The normalized spacial score (nSPS) is 22.7. The zero-order chi connectivity index (χ0) is 16.7. The molecule has 2 heterocycles. The molecule has 0 spiro atoms. The average molecular weight is 324 g/mol. The highest BCUT2D eigenvalue weighted by atomic mass is 32.1. The Hall–Kier alpha value is -1.43. The fourth-order valence-corrected chi connectivity index (χ4v) is 3.74. The highest BCUT2D eigenvalue weighted by Crippen LogP contribution is 2.33. The van der Waals surface area contributed by atoms with Gasteiger partial charge >= 0.3 is 5.97 Å². The van der Waals surface area contributed by atoms with Crippen LogP contribution in [0, 0.1) is 12.3 Å². The maximum absolute atomic E-state index is 12.8. The molecule has 5 nitrogen and oxygen atoms in total. The minimum Gasteiger partial charge on any atom is -0.481 e. The Labute approximate surface area is 135 Å². The number of carbonyl (C=O) groups is 2. The Kier molecular flexibility index (Phi) is 4.35. The first-order chi connectivity index (χ1) is 10.0. The summed E-state index contributed by atoms with van der Waals surface area (Å²) in [6, 6.07) is 0. The third-order valence-electron chi connectivity index (χ3n) is 4.13. The maximum atomic E-state index is 12.8. The van der Waals surface area contributed by atoms with Crippen LogP contribution in [-0.2, 0) is 10.2 Å². The van der Waals surface area contributed by atoms with Crippen LogP contribution in [0.25, 0.3) is 0 Å². The van der Waals surface area contributed by atoms with Gasteiger partial charge in [-0.2, -0.15) is 0 Å². The number of piperidine rings is 1. The van der Waals surface area contributed by atoms with Crippen molar-refractivity contribution in [1.29, 1.82) is 0 Å². The molecule has 1 aliphatic rings. The fraction of sp³-hybridized carbons (Fsp3) is 0.688. The van der Waals surface area contributed by atoms with Gasteiger partial charge in [0.1, 0.15) is 4.88 Å². The Balaban J connectivity index is 2.25. The van der Waals surface area contributed by atoms with Gasteiger partial charge in [0.25, 0.3) is 5.91 Å². The van der Waals surface area contributed by atoms with Crippen molar-refractivity contribution < 1.29 is 14.7 Å². The van der Waals surface area contributed by atoms with Crippen LogP contribution in [0.2, 0.25) is 0 Å². The lowest BCUT2D eigenvalue weighted by atomic mass is 9.82. The molecule has 1 fully saturated rings. The number of carboxylic acid groups (broad SMARTS) is 1. The molecule has 1 aromatic heterocycles. The number of thiazole rings is 1. The first-order valence-corrected chi connectivity index (χ1v) is 8.37. The monoisotopic (exact) mass is 324 g/mol. The summed E-state index contributed by atoms with van der Waals surface area (Å²) in [6.07, 6.45) is 1.33. The van der Waals surface area contributed by atoms with Crippen LogP contribution in [0.3, 0.4) is 0 Å². The number of hydrogen-bond donors (Lipinski definition) is 1. The number of aryl methyl sites for hydroxylation is 1. The second-order valence-electron chi connectivity index (χ2n) is 7.38. The Morgan fingerprint density at radius 3 is 2.50 bits per heavy atom. The molecule has 1 saturated heterocycles. The van der Waals surface area contributed by atoms with E-state index in [4.69, 9.17) is 0 Å². The predicted molar refractivity (Wildman–Crippen MR) is 86.4 cm³/mol. The number of rotatable bonds is 2. The van der Waals surface area contributed by atoms with Crippen molar-refractivity contribution in [1.82, 2.24) is 9.88 Å². The van der Waals surface area contributed by atoms with E-state index in [1.807, 2.05) is 6.92 Å². The molecule has 1 N–H and O–H groups in total. The van der Waals surface area contributed by atoms with Crippen LogP contribution >= 0.6 is 11.3 Å². The van der Waals surface area contributed by atoms with Gasteiger partial charge in [0.15, 0.2) is 0 Å². The minimum atomic E-state index is -0.848. The van der Waals surface area contributed by atoms with Crippen molar-refractivity contribution in [3.05, 3.63) is 15.6 Å². The summed E-state index contributed by atoms with van der Waals surface area (Å²) < 4.78 is 0. The summed E-state index contributed by atoms with van der Waals surface area (Å²) in [6.45, 7) is 10.7. The number of nitrogens with zero attached hydrogens (tertiary/aromatic N) is 2. The van der Waals surface area contributed by atoms with Gasteiger partial charge in [-0.3, -0.25) is 9.59 Å². The van der Waals surface area contributed by atoms with E-state index in [-0.39, 0.29) is 17.9 Å². The molecule has 0 aromatic carbocycles. The quantitative estimate of drug-likeness (QED) is 0.907. The number of aliphatic carboxylic acids is 1. The molecule has 1 amide bonds. The molecular formula is C16H24N2O3S. The zero-order valence-electron chi connectivity index (χ0n) is 13.9. The smallest absolute Gasteiger partial charge is 0.311 e. The van der Waals surface area contributed by atoms with E-state index in [0.29, 0.717) is 17.8 Å². The largest absolute Gasteiger partial charge is 0.481 e. The fourth-order valence-electron chi connectivity index (χ4n) is 2.65. The first-order valence-electron chi connectivity index (χ1n) is 7.55. The lowest BCUT2D eigenvalue weighted by Gasteiger charge is -2.37. The SMILES string of the molecule is Cc1nc(C(C)(C)C)sc1C(=O)N1CCCC(C)(C(=O)O)C1. The molecule has 22 heavy (non-hydrogen) atoms. The first kappa shape index (κ1) is 16.9. The highest BCUT2D eigenvalue weighted by molar-refractivity contribution is 7.14. The van der Waals surface area contributed by atoms with Crippen LogP contribution < -0.4 is 0 Å². The third kappa shape index (κ3) is 3.16. The van der Waals surface area contributed by atoms with Crippen molar-refractivity contribution in [2.45, 2.75) is 52.9 Å². The van der Waals surface area contributed by atoms with Crippen LogP contribution in [0.15, 0.2) is 0 Å². The number of carboxylic acids is 1. The van der Waals surface area contributed by atoms with Gasteiger partial charge in [-0.25, -0.2) is 4.98 Å². The molecule has 0 bridgehead atoms. The Morgan fingerprint density at radius 1 is 1.36 bits per heavy atom. The van der Waals surface area contributed by atoms with E-state index in [1.54, 1.807) is 11.8 Å². The lowest BCUT2D eigenvalue weighted by molar-refractivity contribution is -0.150. The van der Waals surface area contributed by atoms with Gasteiger partial charge in [0.2, 0.25) is 0 Å². The van der Waals surface area contributed by atoms with Gasteiger partial charge in [0, 0.05) is 18.5 Å². The predicted octanol–water partition coefficient (Wildman–Crippen LogP) is 3.08. The van der Waals surface area contributed by atoms with E-state index in [2.05, 4.69) is 25.8 Å². The van der Waals surface area contributed by atoms with E-state index in [9.17, 15) is 14.7 Å². The maximum Gasteiger partial charge on any atom is 0.311 e. The van der Waals surface area contributed by atoms with E-state index in [1.165, 1.54) is 11.3 Å². The topological polar surface area (TPSA) is 70.5 Å². The van der Waals surface area contributed by atoms with Gasteiger partial charge in [-0.1, -0.05) is 20.8 Å². The van der Waals surface area contributed by atoms with Crippen molar-refractivity contribution in [3.8, 4) is 0 Å². The summed E-state index contributed by atoms with van der Waals surface area (Å²) in [5.74, 6) is -0.918. The van der Waals surface area contributed by atoms with E-state index < -0.39 is 11.4 Å². The Morgan fingerprint density at radius 2 is 2.00 bits per heavy atom. The molecule has 0 radical (unpaired) electrons. The molecule has 1 atom stereocenters.